The molecule has 0 aliphatic heterocycles. The largest absolute Gasteiger partial charge is 0.490 e. The Bertz CT molecular complexity index is 852. The Hall–Kier alpha value is -2.22. The molecule has 0 aromatic heterocycles. The fourth-order valence-corrected chi connectivity index (χ4v) is 4.10. The van der Waals surface area contributed by atoms with Gasteiger partial charge in [-0.25, -0.2) is 4.39 Å². The zero-order valence-electron chi connectivity index (χ0n) is 16.3. The maximum atomic E-state index is 14.4. The third kappa shape index (κ3) is 5.23. The predicted molar refractivity (Wildman–Crippen MR) is 111 cm³/mol. The number of nitrogens with zero attached hydrogens (tertiary/aromatic N) is 2. The van der Waals surface area contributed by atoms with Crippen molar-refractivity contribution in [3.05, 3.63) is 68.5 Å². The number of methoxy groups -OCH3 is 1. The van der Waals surface area contributed by atoms with E-state index in [4.69, 9.17) is 22.1 Å². The van der Waals surface area contributed by atoms with Crippen LogP contribution in [0.5, 0.6) is 5.75 Å². The van der Waals surface area contributed by atoms with Crippen LogP contribution in [0.25, 0.3) is 0 Å². The summed E-state index contributed by atoms with van der Waals surface area (Å²) in [5, 5.41) is 11.7. The molecule has 0 amide bonds. The highest BCUT2D eigenvalue weighted by Crippen LogP contribution is 2.31. The molecule has 1 saturated carbocycles. The average Bonchev–Trinajstić information content (AvgIpc) is 2.70. The zero-order valence-corrected chi connectivity index (χ0v) is 17.1. The number of benzene rings is 2. The first-order chi connectivity index (χ1) is 13.9. The molecule has 0 heterocycles. The lowest BCUT2D eigenvalue weighted by Crippen LogP contribution is -2.40. The molecule has 156 valence electrons. The minimum Gasteiger partial charge on any atom is -0.490 e. The Balaban J connectivity index is 1.89. The van der Waals surface area contributed by atoms with Crippen LogP contribution in [0.3, 0.4) is 0 Å². The summed E-state index contributed by atoms with van der Waals surface area (Å²) in [4.78, 5) is 13.1. The van der Waals surface area contributed by atoms with Gasteiger partial charge in [0, 0.05) is 41.8 Å². The van der Waals surface area contributed by atoms with Gasteiger partial charge in [0.25, 0.3) is 0 Å². The quantitative estimate of drug-likeness (QED) is 0.519. The maximum Gasteiger partial charge on any atom is 0.311 e. The normalized spacial score (nSPS) is 19.3. The summed E-state index contributed by atoms with van der Waals surface area (Å²) in [6, 6.07) is 9.96. The molecule has 2 aromatic rings. The lowest BCUT2D eigenvalue weighted by molar-refractivity contribution is -0.385. The summed E-state index contributed by atoms with van der Waals surface area (Å²) >= 11 is 6.25. The molecule has 3 rings (SSSR count). The van der Waals surface area contributed by atoms with Gasteiger partial charge in [-0.05, 0) is 49.4 Å². The SMILES string of the molecule is COc1ccc(CN(Cc2c(F)cccc2Cl)C2CCC(N)CC2)cc1[N+](=O)[O-]. The zero-order chi connectivity index (χ0) is 21.0. The van der Waals surface area contributed by atoms with Crippen molar-refractivity contribution in [3.63, 3.8) is 0 Å². The number of hydrogen-bond acceptors (Lipinski definition) is 5. The Morgan fingerprint density at radius 1 is 1.24 bits per heavy atom. The number of nitrogens with two attached hydrogens (primary N) is 1. The molecule has 0 spiro atoms. The van der Waals surface area contributed by atoms with E-state index in [-0.39, 0.29) is 29.3 Å². The first-order valence-corrected chi connectivity index (χ1v) is 10.0. The highest BCUT2D eigenvalue weighted by atomic mass is 35.5. The van der Waals surface area contributed by atoms with E-state index in [2.05, 4.69) is 4.90 Å². The monoisotopic (exact) mass is 421 g/mol. The van der Waals surface area contributed by atoms with Gasteiger partial charge in [0.2, 0.25) is 0 Å². The van der Waals surface area contributed by atoms with Crippen molar-refractivity contribution in [1.29, 1.82) is 0 Å². The van der Waals surface area contributed by atoms with Crippen molar-refractivity contribution in [2.45, 2.75) is 50.9 Å². The number of halogens is 2. The molecule has 0 atom stereocenters. The van der Waals surface area contributed by atoms with Gasteiger partial charge >= 0.3 is 5.69 Å². The van der Waals surface area contributed by atoms with Crippen LogP contribution in [0, 0.1) is 15.9 Å². The number of rotatable bonds is 7. The van der Waals surface area contributed by atoms with Crippen LogP contribution in [-0.4, -0.2) is 29.0 Å². The second kappa shape index (κ2) is 9.52. The molecule has 29 heavy (non-hydrogen) atoms. The second-order valence-electron chi connectivity index (χ2n) is 7.44. The summed E-state index contributed by atoms with van der Waals surface area (Å²) in [7, 11) is 1.40. The number of ether oxygens (including phenoxy) is 1. The van der Waals surface area contributed by atoms with Crippen molar-refractivity contribution in [3.8, 4) is 5.75 Å². The fraction of sp³-hybridized carbons (Fsp3) is 0.429. The van der Waals surface area contributed by atoms with Crippen molar-refractivity contribution >= 4 is 17.3 Å². The minimum absolute atomic E-state index is 0.0838. The fourth-order valence-electron chi connectivity index (χ4n) is 3.88. The van der Waals surface area contributed by atoms with Gasteiger partial charge in [-0.2, -0.15) is 0 Å². The van der Waals surface area contributed by atoms with Gasteiger partial charge in [-0.1, -0.05) is 23.7 Å². The minimum atomic E-state index is -0.458. The van der Waals surface area contributed by atoms with Crippen LogP contribution < -0.4 is 10.5 Å². The van der Waals surface area contributed by atoms with E-state index in [1.165, 1.54) is 19.2 Å². The van der Waals surface area contributed by atoms with Crippen LogP contribution in [0.1, 0.15) is 36.8 Å². The smallest absolute Gasteiger partial charge is 0.311 e. The molecule has 0 bridgehead atoms. The highest BCUT2D eigenvalue weighted by molar-refractivity contribution is 6.31. The lowest BCUT2D eigenvalue weighted by Gasteiger charge is -2.36. The molecule has 1 aliphatic carbocycles. The van der Waals surface area contributed by atoms with Gasteiger partial charge in [0.05, 0.1) is 12.0 Å². The lowest BCUT2D eigenvalue weighted by atomic mass is 9.90. The molecule has 0 unspecified atom stereocenters. The molecular weight excluding hydrogens is 397 g/mol. The third-order valence-electron chi connectivity index (χ3n) is 5.51. The number of hydrogen-bond donors (Lipinski definition) is 1. The average molecular weight is 422 g/mol. The Morgan fingerprint density at radius 3 is 2.59 bits per heavy atom. The number of nitro benzene ring substituents is 1. The summed E-state index contributed by atoms with van der Waals surface area (Å²) in [6.45, 7) is 0.765. The standard InChI is InChI=1S/C21H25ClFN3O3/c1-29-21-10-5-14(11-20(21)26(27)28)12-25(16-8-6-15(24)7-9-16)13-17-18(22)3-2-4-19(17)23/h2-5,10-11,15-16H,6-9,12-13,24H2,1H3. The van der Waals surface area contributed by atoms with Crippen molar-refractivity contribution in [2.24, 2.45) is 5.73 Å². The van der Waals surface area contributed by atoms with Crippen LogP contribution in [0.2, 0.25) is 5.02 Å². The Kier molecular flexibility index (Phi) is 7.05. The van der Waals surface area contributed by atoms with Crippen molar-refractivity contribution in [2.75, 3.05) is 7.11 Å². The molecule has 6 nitrogen and oxygen atoms in total. The van der Waals surface area contributed by atoms with Gasteiger partial charge < -0.3 is 10.5 Å². The van der Waals surface area contributed by atoms with E-state index >= 15 is 0 Å². The van der Waals surface area contributed by atoms with E-state index in [0.29, 0.717) is 23.7 Å². The van der Waals surface area contributed by atoms with Gasteiger partial charge in [-0.15, -0.1) is 0 Å². The van der Waals surface area contributed by atoms with E-state index in [9.17, 15) is 14.5 Å². The molecule has 8 heteroatoms. The van der Waals surface area contributed by atoms with E-state index in [0.717, 1.165) is 31.2 Å². The van der Waals surface area contributed by atoms with Crippen LogP contribution in [-0.2, 0) is 13.1 Å². The van der Waals surface area contributed by atoms with Crippen molar-refractivity contribution < 1.29 is 14.1 Å². The van der Waals surface area contributed by atoms with Crippen LogP contribution >= 0.6 is 11.6 Å². The third-order valence-corrected chi connectivity index (χ3v) is 5.86. The summed E-state index contributed by atoms with van der Waals surface area (Å²) in [6.07, 6.45) is 3.58. The van der Waals surface area contributed by atoms with Gasteiger partial charge in [-0.3, -0.25) is 15.0 Å². The van der Waals surface area contributed by atoms with E-state index in [1.807, 2.05) is 0 Å². The summed E-state index contributed by atoms with van der Waals surface area (Å²) in [5.41, 5.74) is 7.16. The predicted octanol–water partition coefficient (Wildman–Crippen LogP) is 4.67. The van der Waals surface area contributed by atoms with Crippen LogP contribution in [0.15, 0.2) is 36.4 Å². The van der Waals surface area contributed by atoms with Gasteiger partial charge in [0.1, 0.15) is 5.82 Å². The van der Waals surface area contributed by atoms with Crippen LogP contribution in [0.4, 0.5) is 10.1 Å². The highest BCUT2D eigenvalue weighted by Gasteiger charge is 2.26. The van der Waals surface area contributed by atoms with Gasteiger partial charge in [0.15, 0.2) is 5.75 Å². The van der Waals surface area contributed by atoms with E-state index < -0.39 is 4.92 Å². The second-order valence-corrected chi connectivity index (χ2v) is 7.84. The molecule has 1 aliphatic rings. The first kappa shape index (κ1) is 21.5. The Labute approximate surface area is 174 Å². The molecule has 0 saturated heterocycles. The maximum absolute atomic E-state index is 14.4. The van der Waals surface area contributed by atoms with Crippen molar-refractivity contribution in [1.82, 2.24) is 4.90 Å². The first-order valence-electron chi connectivity index (χ1n) is 9.63. The van der Waals surface area contributed by atoms with E-state index in [1.54, 1.807) is 24.3 Å². The molecule has 2 aromatic carbocycles. The number of nitro groups is 1. The molecular formula is C21H25ClFN3O3. The molecule has 2 N–H and O–H groups in total. The Morgan fingerprint density at radius 2 is 1.97 bits per heavy atom. The summed E-state index contributed by atoms with van der Waals surface area (Å²) in [5.74, 6) is -0.137. The summed E-state index contributed by atoms with van der Waals surface area (Å²) < 4.78 is 19.5. The molecule has 1 fully saturated rings. The molecule has 0 radical (unpaired) electrons. The topological polar surface area (TPSA) is 81.6 Å².